The van der Waals surface area contributed by atoms with E-state index in [2.05, 4.69) is 11.9 Å². The number of rotatable bonds is 6. The maximum Gasteiger partial charge on any atom is 0.416 e. The molecule has 0 bridgehead atoms. The molecule has 2 N–H and O–H groups in total. The van der Waals surface area contributed by atoms with Crippen molar-refractivity contribution >= 4 is 11.6 Å². The van der Waals surface area contributed by atoms with Gasteiger partial charge in [0.1, 0.15) is 0 Å². The van der Waals surface area contributed by atoms with Gasteiger partial charge in [-0.2, -0.15) is 26.3 Å². The molecule has 5 nitrogen and oxygen atoms in total. The van der Waals surface area contributed by atoms with E-state index in [0.29, 0.717) is 51.2 Å². The third-order valence-corrected chi connectivity index (χ3v) is 6.35. The second-order valence-electron chi connectivity index (χ2n) is 9.01. The molecule has 34 heavy (non-hydrogen) atoms. The van der Waals surface area contributed by atoms with Crippen molar-refractivity contribution in [2.75, 3.05) is 39.3 Å². The number of aliphatic hydroxyl groups is 1. The van der Waals surface area contributed by atoms with Gasteiger partial charge in [0.2, 0.25) is 5.91 Å². The van der Waals surface area contributed by atoms with E-state index in [1.807, 2.05) is 4.90 Å². The number of likely N-dealkylation sites (tertiary alicyclic amines) is 2. The number of halogens is 6. The number of carbonyl (C=O) groups excluding carboxylic acids is 1. The fraction of sp³-hybridized carbons (Fsp3) is 0.609. The van der Waals surface area contributed by atoms with Crippen molar-refractivity contribution in [2.45, 2.75) is 44.1 Å². The molecule has 0 radical (unpaired) electrons. The molecule has 2 fully saturated rings. The van der Waals surface area contributed by atoms with Gasteiger partial charge in [-0.3, -0.25) is 9.69 Å². The van der Waals surface area contributed by atoms with Crippen LogP contribution in [0.5, 0.6) is 0 Å². The molecule has 3 rings (SSSR count). The minimum atomic E-state index is -4.91. The Labute approximate surface area is 194 Å². The van der Waals surface area contributed by atoms with Crippen LogP contribution in [0.25, 0.3) is 5.70 Å². The highest BCUT2D eigenvalue weighted by Crippen LogP contribution is 2.37. The Hall–Kier alpha value is -2.27. The number of β-amino-alcohol motifs (C(OH)–C–C–N with tert-alkyl or cyclic N) is 1. The molecule has 0 saturated carbocycles. The van der Waals surface area contributed by atoms with Gasteiger partial charge in [0.05, 0.1) is 23.8 Å². The van der Waals surface area contributed by atoms with Gasteiger partial charge in [-0.15, -0.1) is 0 Å². The summed E-state index contributed by atoms with van der Waals surface area (Å²) in [6, 6.07) is 1.40. The maximum atomic E-state index is 13.1. The van der Waals surface area contributed by atoms with Crippen molar-refractivity contribution in [1.29, 1.82) is 0 Å². The third-order valence-electron chi connectivity index (χ3n) is 6.35. The van der Waals surface area contributed by atoms with Crippen LogP contribution >= 0.6 is 0 Å². The fourth-order valence-corrected chi connectivity index (χ4v) is 4.35. The number of aliphatic hydroxyl groups excluding tert-OH is 1. The van der Waals surface area contributed by atoms with Crippen molar-refractivity contribution in [3.8, 4) is 0 Å². The SMILES string of the molecule is C=C(NCC1CCN(C(=O)CN2CCCC(O)C2)CC1)c1cc(C(F)(F)F)cc(C(F)(F)F)c1. The average Bonchev–Trinajstić information content (AvgIpc) is 2.76. The molecule has 190 valence electrons. The monoisotopic (exact) mass is 493 g/mol. The number of hydrogen-bond acceptors (Lipinski definition) is 4. The first-order chi connectivity index (χ1) is 15.8. The zero-order chi connectivity index (χ0) is 25.1. The smallest absolute Gasteiger partial charge is 0.392 e. The molecule has 1 unspecified atom stereocenters. The van der Waals surface area contributed by atoms with Crippen molar-refractivity contribution in [3.63, 3.8) is 0 Å². The Kier molecular flexibility index (Phi) is 8.18. The largest absolute Gasteiger partial charge is 0.416 e. The van der Waals surface area contributed by atoms with E-state index in [9.17, 15) is 36.2 Å². The maximum absolute atomic E-state index is 13.1. The van der Waals surface area contributed by atoms with Crippen LogP contribution in [0.3, 0.4) is 0 Å². The predicted molar refractivity (Wildman–Crippen MR) is 114 cm³/mol. The molecule has 0 aliphatic carbocycles. The lowest BCUT2D eigenvalue weighted by molar-refractivity contribution is -0.143. The average molecular weight is 493 g/mol. The minimum absolute atomic E-state index is 0.00596. The first-order valence-corrected chi connectivity index (χ1v) is 11.2. The zero-order valence-corrected chi connectivity index (χ0v) is 18.7. The van der Waals surface area contributed by atoms with Gasteiger partial charge in [0.15, 0.2) is 0 Å². The number of hydrogen-bond donors (Lipinski definition) is 2. The van der Waals surface area contributed by atoms with Crippen LogP contribution < -0.4 is 5.32 Å². The van der Waals surface area contributed by atoms with E-state index in [1.165, 1.54) is 0 Å². The summed E-state index contributed by atoms with van der Waals surface area (Å²) in [5.41, 5.74) is -3.04. The molecule has 1 aromatic rings. The highest BCUT2D eigenvalue weighted by Gasteiger charge is 2.37. The molecular formula is C23H29F6N3O2. The van der Waals surface area contributed by atoms with E-state index < -0.39 is 29.6 Å². The molecule has 2 aliphatic heterocycles. The molecule has 1 aromatic carbocycles. The van der Waals surface area contributed by atoms with Gasteiger partial charge in [-0.05, 0) is 61.9 Å². The van der Waals surface area contributed by atoms with E-state index in [1.54, 1.807) is 4.90 Å². The van der Waals surface area contributed by atoms with Crippen LogP contribution in [-0.4, -0.2) is 66.2 Å². The summed E-state index contributed by atoms with van der Waals surface area (Å²) in [4.78, 5) is 16.2. The van der Waals surface area contributed by atoms with Crippen molar-refractivity contribution < 1.29 is 36.2 Å². The number of amides is 1. The third kappa shape index (κ3) is 7.11. The number of nitrogens with one attached hydrogen (secondary N) is 1. The number of carbonyl (C=O) groups is 1. The highest BCUT2D eigenvalue weighted by atomic mass is 19.4. The summed E-state index contributed by atoms with van der Waals surface area (Å²) < 4.78 is 78.5. The second kappa shape index (κ2) is 10.6. The summed E-state index contributed by atoms with van der Waals surface area (Å²) >= 11 is 0. The highest BCUT2D eigenvalue weighted by molar-refractivity contribution is 5.78. The molecular weight excluding hydrogens is 464 g/mol. The molecule has 1 amide bonds. The Morgan fingerprint density at radius 2 is 1.59 bits per heavy atom. The molecule has 2 heterocycles. The van der Waals surface area contributed by atoms with Gasteiger partial charge in [-0.25, -0.2) is 0 Å². The lowest BCUT2D eigenvalue weighted by atomic mass is 9.96. The van der Waals surface area contributed by atoms with Crippen molar-refractivity contribution in [3.05, 3.63) is 41.5 Å². The van der Waals surface area contributed by atoms with Gasteiger partial charge in [-0.1, -0.05) is 6.58 Å². The summed E-state index contributed by atoms with van der Waals surface area (Å²) in [5, 5.41) is 12.6. The Morgan fingerprint density at radius 3 is 2.12 bits per heavy atom. The lowest BCUT2D eigenvalue weighted by Crippen LogP contribution is -2.48. The quantitative estimate of drug-likeness (QED) is 0.589. The lowest BCUT2D eigenvalue weighted by Gasteiger charge is -2.35. The normalized spacial score (nSPS) is 20.9. The van der Waals surface area contributed by atoms with E-state index in [-0.39, 0.29) is 35.7 Å². The number of benzene rings is 1. The van der Waals surface area contributed by atoms with Crippen LogP contribution in [-0.2, 0) is 17.1 Å². The summed E-state index contributed by atoms with van der Waals surface area (Å²) in [7, 11) is 0. The second-order valence-corrected chi connectivity index (χ2v) is 9.01. The number of nitrogens with zero attached hydrogens (tertiary/aromatic N) is 2. The van der Waals surface area contributed by atoms with Gasteiger partial charge in [0.25, 0.3) is 0 Å². The molecule has 2 saturated heterocycles. The Morgan fingerprint density at radius 1 is 1.00 bits per heavy atom. The standard InChI is InChI=1S/C23H29F6N3O2/c1-15(17-9-18(22(24,25)26)11-19(10-17)23(27,28)29)30-12-16-4-7-32(8-5-16)21(34)14-31-6-2-3-20(33)13-31/h9-11,16,20,30,33H,1-8,12-14H2. The van der Waals surface area contributed by atoms with Gasteiger partial charge in [0, 0.05) is 31.9 Å². The first kappa shape index (κ1) is 26.3. The van der Waals surface area contributed by atoms with Crippen LogP contribution in [0.4, 0.5) is 26.3 Å². The van der Waals surface area contributed by atoms with Crippen molar-refractivity contribution in [1.82, 2.24) is 15.1 Å². The van der Waals surface area contributed by atoms with Gasteiger partial charge < -0.3 is 15.3 Å². The molecule has 2 aliphatic rings. The van der Waals surface area contributed by atoms with Gasteiger partial charge >= 0.3 is 12.4 Å². The molecule has 1 atom stereocenters. The minimum Gasteiger partial charge on any atom is -0.392 e. The summed E-state index contributed by atoms with van der Waals surface area (Å²) in [6.45, 7) is 6.53. The molecule has 0 spiro atoms. The zero-order valence-electron chi connectivity index (χ0n) is 18.7. The van der Waals surface area contributed by atoms with Crippen LogP contribution in [0.2, 0.25) is 0 Å². The van der Waals surface area contributed by atoms with E-state index in [0.717, 1.165) is 19.4 Å². The van der Waals surface area contributed by atoms with Crippen LogP contribution in [0.15, 0.2) is 24.8 Å². The summed E-state index contributed by atoms with van der Waals surface area (Å²) in [6.07, 6.45) is -7.33. The first-order valence-electron chi connectivity index (χ1n) is 11.2. The fourth-order valence-electron chi connectivity index (χ4n) is 4.35. The topological polar surface area (TPSA) is 55.8 Å². The summed E-state index contributed by atoms with van der Waals surface area (Å²) in [5.74, 6) is 0.0964. The predicted octanol–water partition coefficient (Wildman–Crippen LogP) is 3.98. The number of alkyl halides is 6. The van der Waals surface area contributed by atoms with Crippen LogP contribution in [0.1, 0.15) is 42.4 Å². The molecule has 11 heteroatoms. The molecule has 0 aromatic heterocycles. The van der Waals surface area contributed by atoms with E-state index >= 15 is 0 Å². The van der Waals surface area contributed by atoms with Crippen LogP contribution in [0, 0.1) is 5.92 Å². The number of piperidine rings is 2. The Balaban J connectivity index is 1.52. The van der Waals surface area contributed by atoms with E-state index in [4.69, 9.17) is 0 Å². The van der Waals surface area contributed by atoms with Crippen molar-refractivity contribution in [2.24, 2.45) is 5.92 Å². The Bertz CT molecular complexity index is 846.